The SMILES string of the molecule is CC1(C)C2=C(CC3C(=C2)c2c(c4c(c5ccccc25)-c2cc5c(cc2C4(C)C)N2c4ccccc4C(C)(C)c4cccc(c42)C5(C)C)C3(C)C)N2c3c1cccc3C(C)(C)C1C=CC=CC12. The second-order valence-corrected chi connectivity index (χ2v) is 24.5. The van der Waals surface area contributed by atoms with Crippen LogP contribution >= 0.6 is 0 Å². The van der Waals surface area contributed by atoms with Crippen molar-refractivity contribution in [1.29, 1.82) is 0 Å². The lowest BCUT2D eigenvalue weighted by molar-refractivity contribution is 0.315. The topological polar surface area (TPSA) is 6.48 Å². The van der Waals surface area contributed by atoms with Crippen LogP contribution in [0, 0.1) is 11.8 Å². The molecule has 0 N–H and O–H groups in total. The van der Waals surface area contributed by atoms with Crippen LogP contribution in [0.2, 0.25) is 0 Å². The van der Waals surface area contributed by atoms with Gasteiger partial charge < -0.3 is 9.80 Å². The molecule has 8 aliphatic rings. The highest BCUT2D eigenvalue weighted by atomic mass is 15.2. The highest BCUT2D eigenvalue weighted by molar-refractivity contribution is 6.11. The minimum Gasteiger partial charge on any atom is -0.337 e. The Labute approximate surface area is 392 Å². The van der Waals surface area contributed by atoms with E-state index in [9.17, 15) is 0 Å². The zero-order chi connectivity index (χ0) is 45.6. The van der Waals surface area contributed by atoms with Crippen LogP contribution < -0.4 is 9.80 Å². The molecule has 0 bridgehead atoms. The Bertz CT molecular complexity index is 3420. The van der Waals surface area contributed by atoms with E-state index in [1.807, 2.05) is 0 Å². The molecule has 2 heteroatoms. The lowest BCUT2D eigenvalue weighted by Gasteiger charge is -2.57. The number of hydrogen-bond acceptors (Lipinski definition) is 2. The summed E-state index contributed by atoms with van der Waals surface area (Å²) < 4.78 is 0. The molecule has 3 unspecified atom stereocenters. The zero-order valence-electron chi connectivity index (χ0n) is 41.0. The first-order valence-electron chi connectivity index (χ1n) is 24.9. The van der Waals surface area contributed by atoms with Crippen LogP contribution in [0.25, 0.3) is 27.5 Å². The van der Waals surface area contributed by atoms with Gasteiger partial charge in [-0.3, -0.25) is 0 Å². The molecule has 4 aliphatic carbocycles. The van der Waals surface area contributed by atoms with E-state index >= 15 is 0 Å². The summed E-state index contributed by atoms with van der Waals surface area (Å²) in [4.78, 5) is 5.49. The molecule has 0 amide bonds. The smallest absolute Gasteiger partial charge is 0.0593 e. The molecule has 328 valence electrons. The Morgan fingerprint density at radius 2 is 1.09 bits per heavy atom. The van der Waals surface area contributed by atoms with Crippen molar-refractivity contribution in [3.05, 3.63) is 194 Å². The summed E-state index contributed by atoms with van der Waals surface area (Å²) in [5.41, 5.74) is 26.9. The Morgan fingerprint density at radius 3 is 1.82 bits per heavy atom. The Hall–Kier alpha value is -5.86. The van der Waals surface area contributed by atoms with Crippen molar-refractivity contribution in [1.82, 2.24) is 0 Å². The van der Waals surface area contributed by atoms with Crippen LogP contribution in [0.1, 0.15) is 145 Å². The Morgan fingerprint density at radius 1 is 0.485 bits per heavy atom. The maximum atomic E-state index is 2.84. The van der Waals surface area contributed by atoms with Gasteiger partial charge in [0, 0.05) is 44.4 Å². The normalized spacial score (nSPS) is 25.3. The number of allylic oxidation sites excluding steroid dienone is 6. The molecule has 0 fully saturated rings. The van der Waals surface area contributed by atoms with Gasteiger partial charge in [-0.25, -0.2) is 0 Å². The van der Waals surface area contributed by atoms with Crippen molar-refractivity contribution < 1.29 is 0 Å². The summed E-state index contributed by atoms with van der Waals surface area (Å²) in [7, 11) is 0. The summed E-state index contributed by atoms with van der Waals surface area (Å²) in [6.07, 6.45) is 13.4. The van der Waals surface area contributed by atoms with Crippen molar-refractivity contribution in [2.75, 3.05) is 9.80 Å². The average Bonchev–Trinajstić information content (AvgIpc) is 3.66. The fourth-order valence-electron chi connectivity index (χ4n) is 15.8. The fraction of sp³-hybridized carbons (Fsp3) is 0.344. The third kappa shape index (κ3) is 4.26. The van der Waals surface area contributed by atoms with E-state index in [1.165, 1.54) is 94.7 Å². The summed E-state index contributed by atoms with van der Waals surface area (Å²) in [6.45, 7) is 30.1. The molecule has 2 nitrogen and oxygen atoms in total. The molecule has 0 radical (unpaired) electrons. The third-order valence-corrected chi connectivity index (χ3v) is 19.3. The number of anilines is 4. The van der Waals surface area contributed by atoms with Gasteiger partial charge in [0.2, 0.25) is 0 Å². The maximum absolute atomic E-state index is 2.84. The van der Waals surface area contributed by atoms with Crippen LogP contribution in [0.5, 0.6) is 0 Å². The lowest BCUT2D eigenvalue weighted by Crippen LogP contribution is -2.55. The van der Waals surface area contributed by atoms with E-state index in [4.69, 9.17) is 0 Å². The molecule has 0 saturated heterocycles. The molecule has 4 heterocycles. The maximum Gasteiger partial charge on any atom is 0.0593 e. The molecule has 3 atom stereocenters. The Kier molecular flexibility index (Phi) is 7.03. The predicted octanol–water partition coefficient (Wildman–Crippen LogP) is 16.0. The molecule has 6 aromatic rings. The summed E-state index contributed by atoms with van der Waals surface area (Å²) >= 11 is 0. The summed E-state index contributed by atoms with van der Waals surface area (Å²) in [5, 5.41) is 2.81. The van der Waals surface area contributed by atoms with Crippen molar-refractivity contribution >= 4 is 39.1 Å². The minimum atomic E-state index is -0.236. The molecule has 6 aromatic carbocycles. The Balaban J connectivity index is 1.02. The van der Waals surface area contributed by atoms with Crippen molar-refractivity contribution in [3.8, 4) is 11.1 Å². The molecule has 0 saturated carbocycles. The first-order chi connectivity index (χ1) is 31.3. The first kappa shape index (κ1) is 39.3. The van der Waals surface area contributed by atoms with Crippen molar-refractivity contribution in [2.45, 2.75) is 128 Å². The second-order valence-electron chi connectivity index (χ2n) is 24.5. The van der Waals surface area contributed by atoms with Gasteiger partial charge in [-0.15, -0.1) is 0 Å². The lowest BCUT2D eigenvalue weighted by atomic mass is 9.59. The quantitative estimate of drug-likeness (QED) is 0.150. The predicted molar refractivity (Wildman–Crippen MR) is 277 cm³/mol. The van der Waals surface area contributed by atoms with Crippen LogP contribution in [0.15, 0.2) is 139 Å². The highest BCUT2D eigenvalue weighted by Crippen LogP contribution is 2.69. The van der Waals surface area contributed by atoms with Crippen molar-refractivity contribution in [3.63, 3.8) is 0 Å². The van der Waals surface area contributed by atoms with Gasteiger partial charge in [-0.1, -0.05) is 192 Å². The number of hydrogen-bond donors (Lipinski definition) is 0. The van der Waals surface area contributed by atoms with E-state index in [1.54, 1.807) is 22.4 Å². The van der Waals surface area contributed by atoms with E-state index in [0.29, 0.717) is 11.8 Å². The fourth-order valence-corrected chi connectivity index (χ4v) is 15.8. The monoisotopic (exact) mass is 858 g/mol. The van der Waals surface area contributed by atoms with E-state index < -0.39 is 0 Å². The van der Waals surface area contributed by atoms with Gasteiger partial charge >= 0.3 is 0 Å². The van der Waals surface area contributed by atoms with Gasteiger partial charge in [-0.2, -0.15) is 0 Å². The summed E-state index contributed by atoms with van der Waals surface area (Å²) in [6, 6.07) is 38.6. The van der Waals surface area contributed by atoms with E-state index in [-0.39, 0.29) is 38.5 Å². The van der Waals surface area contributed by atoms with Gasteiger partial charge in [0.15, 0.2) is 0 Å². The van der Waals surface area contributed by atoms with Crippen LogP contribution in [-0.2, 0) is 32.5 Å². The van der Waals surface area contributed by atoms with Crippen molar-refractivity contribution in [2.24, 2.45) is 11.8 Å². The standard InChI is InChI=1S/C64H62N2/c1-59(2)39-23-15-17-29-49(39)65-51-33-45-37(31-47(51)61(5,6)43-27-19-25-41(59)57(43)65)53-35-21-13-14-22-36(35)54-38-32-48-52(34-46(38)64(11,12)56(54)55(53)63(45,9)10)66-50-30-18-16-24-40(50)60(3,4)42-26-20-28-44(58(42)66)62(48,7)8/h13-33,40,46,50H,34H2,1-12H3. The number of nitrogens with zero attached hydrogens (tertiary/aromatic N) is 2. The average molecular weight is 859 g/mol. The van der Waals surface area contributed by atoms with E-state index in [0.717, 1.165) is 6.42 Å². The first-order valence-corrected chi connectivity index (χ1v) is 24.9. The van der Waals surface area contributed by atoms with Gasteiger partial charge in [0.1, 0.15) is 0 Å². The molecule has 0 aromatic heterocycles. The number of fused-ring (bicyclic) bond motifs is 17. The molecular weight excluding hydrogens is 797 g/mol. The summed E-state index contributed by atoms with van der Waals surface area (Å²) in [5.74, 6) is 0.737. The third-order valence-electron chi connectivity index (χ3n) is 19.3. The van der Waals surface area contributed by atoms with E-state index in [2.05, 4.69) is 220 Å². The van der Waals surface area contributed by atoms with Gasteiger partial charge in [0.25, 0.3) is 0 Å². The van der Waals surface area contributed by atoms with Crippen LogP contribution in [-0.4, -0.2) is 6.04 Å². The highest BCUT2D eigenvalue weighted by Gasteiger charge is 2.57. The number of rotatable bonds is 0. The largest absolute Gasteiger partial charge is 0.337 e. The molecule has 14 rings (SSSR count). The second kappa shape index (κ2) is 11.8. The van der Waals surface area contributed by atoms with Crippen LogP contribution in [0.4, 0.5) is 22.7 Å². The molecule has 4 aliphatic heterocycles. The van der Waals surface area contributed by atoms with Gasteiger partial charge in [-0.05, 0) is 125 Å². The zero-order valence-corrected chi connectivity index (χ0v) is 41.0. The number of benzene rings is 6. The molecular formula is C64H62N2. The van der Waals surface area contributed by atoms with Crippen LogP contribution in [0.3, 0.4) is 0 Å². The van der Waals surface area contributed by atoms with Gasteiger partial charge in [0.05, 0.1) is 23.1 Å². The minimum absolute atomic E-state index is 0.0218. The molecule has 0 spiro atoms. The number of para-hydroxylation sites is 3. The molecule has 66 heavy (non-hydrogen) atoms.